The van der Waals surface area contributed by atoms with Crippen LogP contribution in [0, 0.1) is 6.92 Å². The van der Waals surface area contributed by atoms with Crippen LogP contribution in [0.3, 0.4) is 0 Å². The molecule has 19 heavy (non-hydrogen) atoms. The lowest BCUT2D eigenvalue weighted by Gasteiger charge is -2.18. The van der Waals surface area contributed by atoms with Gasteiger partial charge in [-0.25, -0.2) is 4.79 Å². The average molecular weight is 325 g/mol. The molecule has 102 valence electrons. The molecule has 0 unspecified atom stereocenters. The van der Waals surface area contributed by atoms with Crippen molar-refractivity contribution < 1.29 is 14.6 Å². The molecular weight excluding hydrogens is 308 g/mol. The van der Waals surface area contributed by atoms with E-state index in [4.69, 9.17) is 9.84 Å². The Morgan fingerprint density at radius 3 is 2.74 bits per heavy atom. The normalized spacial score (nSPS) is 16.1. The molecule has 0 aromatic heterocycles. The van der Waals surface area contributed by atoms with Gasteiger partial charge in [-0.15, -0.1) is 0 Å². The van der Waals surface area contributed by atoms with E-state index in [2.05, 4.69) is 15.9 Å². The molecule has 1 aliphatic rings. The summed E-state index contributed by atoms with van der Waals surface area (Å²) in [5, 5.41) is 8.75. The van der Waals surface area contributed by atoms with Crippen LogP contribution in [0.4, 0.5) is 0 Å². The van der Waals surface area contributed by atoms with Gasteiger partial charge < -0.3 is 9.84 Å². The highest BCUT2D eigenvalue weighted by Gasteiger charge is 2.19. The standard InChI is InChI=1S/C15H17BrO3/c1-10-8-12(16)9-11(6-7-14(17)18)15(10)19-13-4-2-3-5-13/h6-9,13H,2-5H2,1H3,(H,17,18)/b7-6+. The van der Waals surface area contributed by atoms with Crippen LogP contribution in [0.5, 0.6) is 5.75 Å². The van der Waals surface area contributed by atoms with Gasteiger partial charge in [-0.2, -0.15) is 0 Å². The predicted molar refractivity (Wildman–Crippen MR) is 78.4 cm³/mol. The molecule has 1 fully saturated rings. The first-order chi connectivity index (χ1) is 9.06. The summed E-state index contributed by atoms with van der Waals surface area (Å²) in [6, 6.07) is 3.87. The highest BCUT2D eigenvalue weighted by molar-refractivity contribution is 9.10. The largest absolute Gasteiger partial charge is 0.490 e. The van der Waals surface area contributed by atoms with Gasteiger partial charge >= 0.3 is 5.97 Å². The summed E-state index contributed by atoms with van der Waals surface area (Å²) in [4.78, 5) is 10.7. The van der Waals surface area contributed by atoms with E-state index in [1.807, 2.05) is 19.1 Å². The van der Waals surface area contributed by atoms with E-state index in [-0.39, 0.29) is 6.10 Å². The number of carbonyl (C=O) groups is 1. The van der Waals surface area contributed by atoms with Gasteiger partial charge in [0.15, 0.2) is 0 Å². The van der Waals surface area contributed by atoms with Gasteiger partial charge in [-0.1, -0.05) is 15.9 Å². The zero-order chi connectivity index (χ0) is 13.8. The zero-order valence-corrected chi connectivity index (χ0v) is 12.4. The molecule has 0 amide bonds. The Morgan fingerprint density at radius 2 is 2.11 bits per heavy atom. The molecule has 0 aliphatic heterocycles. The number of halogens is 1. The Kier molecular flexibility index (Phi) is 4.64. The van der Waals surface area contributed by atoms with Crippen molar-refractivity contribution in [1.82, 2.24) is 0 Å². The SMILES string of the molecule is Cc1cc(Br)cc(/C=C/C(=O)O)c1OC1CCCC1. The quantitative estimate of drug-likeness (QED) is 0.845. The molecule has 2 rings (SSSR count). The molecule has 0 saturated heterocycles. The Hall–Kier alpha value is -1.29. The van der Waals surface area contributed by atoms with Gasteiger partial charge in [0.05, 0.1) is 6.10 Å². The van der Waals surface area contributed by atoms with Crippen molar-refractivity contribution in [1.29, 1.82) is 0 Å². The summed E-state index contributed by atoms with van der Waals surface area (Å²) < 4.78 is 6.98. The van der Waals surface area contributed by atoms with Crippen LogP contribution < -0.4 is 4.74 Å². The molecular formula is C15H17BrO3. The average Bonchev–Trinajstić information content (AvgIpc) is 2.83. The van der Waals surface area contributed by atoms with Gasteiger partial charge in [0.1, 0.15) is 5.75 Å². The summed E-state index contributed by atoms with van der Waals surface area (Å²) in [5.74, 6) is -0.156. The summed E-state index contributed by atoms with van der Waals surface area (Å²) in [7, 11) is 0. The van der Waals surface area contributed by atoms with Crippen LogP contribution in [0.25, 0.3) is 6.08 Å². The monoisotopic (exact) mass is 324 g/mol. The third kappa shape index (κ3) is 3.83. The first kappa shape index (κ1) is 14.1. The molecule has 1 aromatic rings. The molecule has 0 heterocycles. The predicted octanol–water partition coefficient (Wildman–Crippen LogP) is 4.18. The van der Waals surface area contributed by atoms with E-state index in [0.717, 1.165) is 40.3 Å². The topological polar surface area (TPSA) is 46.5 Å². The van der Waals surface area contributed by atoms with Crippen molar-refractivity contribution in [2.24, 2.45) is 0 Å². The van der Waals surface area contributed by atoms with Crippen LogP contribution in [-0.2, 0) is 4.79 Å². The van der Waals surface area contributed by atoms with Crippen molar-refractivity contribution >= 4 is 28.0 Å². The van der Waals surface area contributed by atoms with Crippen LogP contribution in [0.2, 0.25) is 0 Å². The maximum absolute atomic E-state index is 10.7. The number of carboxylic acids is 1. The van der Waals surface area contributed by atoms with Gasteiger partial charge in [0.25, 0.3) is 0 Å². The fourth-order valence-corrected chi connectivity index (χ4v) is 2.96. The number of rotatable bonds is 4. The number of hydrogen-bond acceptors (Lipinski definition) is 2. The van der Waals surface area contributed by atoms with Gasteiger partial charge in [-0.05, 0) is 56.4 Å². The van der Waals surface area contributed by atoms with Crippen molar-refractivity contribution in [2.75, 3.05) is 0 Å². The smallest absolute Gasteiger partial charge is 0.328 e. The number of carboxylic acid groups (broad SMARTS) is 1. The highest BCUT2D eigenvalue weighted by atomic mass is 79.9. The van der Waals surface area contributed by atoms with E-state index in [1.165, 1.54) is 12.8 Å². The van der Waals surface area contributed by atoms with E-state index in [1.54, 1.807) is 6.08 Å². The van der Waals surface area contributed by atoms with Crippen LogP contribution >= 0.6 is 15.9 Å². The van der Waals surface area contributed by atoms with Gasteiger partial charge in [0.2, 0.25) is 0 Å². The molecule has 3 nitrogen and oxygen atoms in total. The molecule has 0 spiro atoms. The third-order valence-corrected chi connectivity index (χ3v) is 3.72. The van der Waals surface area contributed by atoms with E-state index in [0.29, 0.717) is 0 Å². The highest BCUT2D eigenvalue weighted by Crippen LogP contribution is 2.32. The second kappa shape index (κ2) is 6.24. The number of aliphatic carboxylic acids is 1. The fourth-order valence-electron chi connectivity index (χ4n) is 2.37. The lowest BCUT2D eigenvalue weighted by Crippen LogP contribution is -2.12. The van der Waals surface area contributed by atoms with Crippen molar-refractivity contribution in [3.05, 3.63) is 33.8 Å². The number of hydrogen-bond donors (Lipinski definition) is 1. The Labute approximate surface area is 121 Å². The lowest BCUT2D eigenvalue weighted by molar-refractivity contribution is -0.131. The minimum absolute atomic E-state index is 0.261. The van der Waals surface area contributed by atoms with Crippen molar-refractivity contribution in [3.63, 3.8) is 0 Å². The van der Waals surface area contributed by atoms with Crippen LogP contribution in [0.1, 0.15) is 36.8 Å². The molecule has 1 aromatic carbocycles. The minimum atomic E-state index is -0.954. The molecule has 0 radical (unpaired) electrons. The van der Waals surface area contributed by atoms with Crippen LogP contribution in [-0.4, -0.2) is 17.2 Å². The van der Waals surface area contributed by atoms with Crippen molar-refractivity contribution in [2.45, 2.75) is 38.7 Å². The zero-order valence-electron chi connectivity index (χ0n) is 10.9. The minimum Gasteiger partial charge on any atom is -0.490 e. The van der Waals surface area contributed by atoms with E-state index in [9.17, 15) is 4.79 Å². The van der Waals surface area contributed by atoms with E-state index < -0.39 is 5.97 Å². The van der Waals surface area contributed by atoms with Crippen LogP contribution in [0.15, 0.2) is 22.7 Å². The van der Waals surface area contributed by atoms with Gasteiger partial charge in [-0.3, -0.25) is 0 Å². The number of ether oxygens (including phenoxy) is 1. The molecule has 0 atom stereocenters. The molecule has 0 bridgehead atoms. The van der Waals surface area contributed by atoms with Gasteiger partial charge in [0, 0.05) is 16.1 Å². The summed E-state index contributed by atoms with van der Waals surface area (Å²) >= 11 is 3.43. The summed E-state index contributed by atoms with van der Waals surface area (Å²) in [6.45, 7) is 1.98. The third-order valence-electron chi connectivity index (χ3n) is 3.26. The lowest BCUT2D eigenvalue weighted by atomic mass is 10.1. The molecule has 1 N–H and O–H groups in total. The summed E-state index contributed by atoms with van der Waals surface area (Å²) in [5.41, 5.74) is 1.83. The number of aryl methyl sites for hydroxylation is 1. The first-order valence-corrected chi connectivity index (χ1v) is 7.23. The first-order valence-electron chi connectivity index (χ1n) is 6.44. The number of benzene rings is 1. The maximum atomic E-state index is 10.7. The fraction of sp³-hybridized carbons (Fsp3) is 0.400. The Bertz CT molecular complexity index is 502. The second-order valence-corrected chi connectivity index (χ2v) is 5.75. The second-order valence-electron chi connectivity index (χ2n) is 4.84. The maximum Gasteiger partial charge on any atom is 0.328 e. The Morgan fingerprint density at radius 1 is 1.42 bits per heavy atom. The van der Waals surface area contributed by atoms with E-state index >= 15 is 0 Å². The Balaban J connectivity index is 2.30. The molecule has 4 heteroatoms. The molecule has 1 aliphatic carbocycles. The summed E-state index contributed by atoms with van der Waals surface area (Å²) in [6.07, 6.45) is 7.57. The van der Waals surface area contributed by atoms with Crippen molar-refractivity contribution in [3.8, 4) is 5.75 Å². The molecule has 1 saturated carbocycles.